The van der Waals surface area contributed by atoms with E-state index in [0.29, 0.717) is 12.5 Å². The number of hydrogen-bond donors (Lipinski definition) is 0. The molecule has 0 bridgehead atoms. The average Bonchev–Trinajstić information content (AvgIpc) is 2.20. The molecule has 0 spiro atoms. The molecule has 0 aromatic heterocycles. The Morgan fingerprint density at radius 3 is 2.60 bits per heavy atom. The van der Waals surface area contributed by atoms with E-state index in [1.165, 1.54) is 12.1 Å². The van der Waals surface area contributed by atoms with Crippen molar-refractivity contribution in [3.05, 3.63) is 29.8 Å². The molecular weight excluding hydrogens is 222 g/mol. The second-order valence-electron chi connectivity index (χ2n) is 3.17. The van der Waals surface area contributed by atoms with Gasteiger partial charge in [0.1, 0.15) is 5.82 Å². The number of unbranched alkanes of at least 4 members (excludes halogenated alkanes) is 2. The highest BCUT2D eigenvalue weighted by Gasteiger charge is 2.03. The van der Waals surface area contributed by atoms with Gasteiger partial charge < -0.3 is 4.74 Å². The van der Waals surface area contributed by atoms with Crippen molar-refractivity contribution in [1.29, 1.82) is 0 Å². The molecular formula is C11H13ClF2O. The fourth-order valence-electron chi connectivity index (χ4n) is 1.15. The van der Waals surface area contributed by atoms with Gasteiger partial charge in [0.25, 0.3) is 0 Å². The summed E-state index contributed by atoms with van der Waals surface area (Å²) in [5.74, 6) is -0.526. The van der Waals surface area contributed by atoms with E-state index in [9.17, 15) is 8.78 Å². The van der Waals surface area contributed by atoms with E-state index in [1.54, 1.807) is 0 Å². The number of rotatable bonds is 6. The fourth-order valence-corrected chi connectivity index (χ4v) is 1.34. The second-order valence-corrected chi connectivity index (χ2v) is 3.55. The Labute approximate surface area is 93.0 Å². The maximum atomic E-state index is 13.0. The molecule has 0 aliphatic carbocycles. The van der Waals surface area contributed by atoms with Gasteiger partial charge in [-0.3, -0.25) is 0 Å². The SMILES string of the molecule is Fc1ccc(OCCCCCCl)c(F)c1. The first-order valence-corrected chi connectivity index (χ1v) is 5.41. The monoisotopic (exact) mass is 234 g/mol. The van der Waals surface area contributed by atoms with Crippen LogP contribution in [0, 0.1) is 11.6 Å². The molecule has 0 aliphatic rings. The largest absolute Gasteiger partial charge is 0.491 e. The van der Waals surface area contributed by atoms with Gasteiger partial charge in [-0.1, -0.05) is 0 Å². The molecule has 0 unspecified atom stereocenters. The summed E-state index contributed by atoms with van der Waals surface area (Å²) in [6.07, 6.45) is 2.70. The molecule has 0 heterocycles. The molecule has 0 radical (unpaired) electrons. The van der Waals surface area contributed by atoms with Gasteiger partial charge in [-0.25, -0.2) is 8.78 Å². The van der Waals surface area contributed by atoms with Gasteiger partial charge in [0.2, 0.25) is 0 Å². The predicted octanol–water partition coefficient (Wildman–Crippen LogP) is 3.75. The molecule has 1 rings (SSSR count). The van der Waals surface area contributed by atoms with Crippen molar-refractivity contribution in [2.75, 3.05) is 12.5 Å². The van der Waals surface area contributed by atoms with Crippen LogP contribution < -0.4 is 4.74 Å². The van der Waals surface area contributed by atoms with E-state index in [2.05, 4.69) is 0 Å². The molecule has 0 atom stereocenters. The van der Waals surface area contributed by atoms with Crippen molar-refractivity contribution in [3.8, 4) is 5.75 Å². The number of alkyl halides is 1. The molecule has 0 fully saturated rings. The third kappa shape index (κ3) is 4.47. The van der Waals surface area contributed by atoms with E-state index < -0.39 is 11.6 Å². The molecule has 0 N–H and O–H groups in total. The van der Waals surface area contributed by atoms with Crippen LogP contribution in [0.1, 0.15) is 19.3 Å². The Kier molecular flexibility index (Phi) is 5.40. The van der Waals surface area contributed by atoms with Crippen LogP contribution in [0.5, 0.6) is 5.75 Å². The highest BCUT2D eigenvalue weighted by Crippen LogP contribution is 2.17. The average molecular weight is 235 g/mol. The van der Waals surface area contributed by atoms with Gasteiger partial charge in [0.15, 0.2) is 11.6 Å². The molecule has 0 amide bonds. The number of benzene rings is 1. The van der Waals surface area contributed by atoms with E-state index in [1.807, 2.05) is 0 Å². The molecule has 0 saturated carbocycles. The van der Waals surface area contributed by atoms with Gasteiger partial charge in [-0.15, -0.1) is 11.6 Å². The summed E-state index contributed by atoms with van der Waals surface area (Å²) in [7, 11) is 0. The normalized spacial score (nSPS) is 10.3. The fraction of sp³-hybridized carbons (Fsp3) is 0.455. The molecule has 84 valence electrons. The predicted molar refractivity (Wildman–Crippen MR) is 56.4 cm³/mol. The maximum absolute atomic E-state index is 13.0. The lowest BCUT2D eigenvalue weighted by molar-refractivity contribution is 0.291. The third-order valence-electron chi connectivity index (χ3n) is 1.93. The van der Waals surface area contributed by atoms with Crippen LogP contribution in [0.25, 0.3) is 0 Å². The van der Waals surface area contributed by atoms with Crippen LogP contribution >= 0.6 is 11.6 Å². The lowest BCUT2D eigenvalue weighted by atomic mass is 10.2. The van der Waals surface area contributed by atoms with Gasteiger partial charge >= 0.3 is 0 Å². The molecule has 1 aromatic carbocycles. The number of hydrogen-bond acceptors (Lipinski definition) is 1. The van der Waals surface area contributed by atoms with Crippen LogP contribution in [0.3, 0.4) is 0 Å². The summed E-state index contributed by atoms with van der Waals surface area (Å²) in [4.78, 5) is 0. The van der Waals surface area contributed by atoms with Gasteiger partial charge in [0.05, 0.1) is 6.61 Å². The molecule has 4 heteroatoms. The van der Waals surface area contributed by atoms with Crippen LogP contribution in [0.15, 0.2) is 18.2 Å². The molecule has 1 nitrogen and oxygen atoms in total. The van der Waals surface area contributed by atoms with Crippen LogP contribution in [0.4, 0.5) is 8.78 Å². The summed E-state index contributed by atoms with van der Waals surface area (Å²) in [5.41, 5.74) is 0. The summed E-state index contributed by atoms with van der Waals surface area (Å²) in [6, 6.07) is 3.29. The smallest absolute Gasteiger partial charge is 0.167 e. The van der Waals surface area contributed by atoms with Crippen molar-refractivity contribution in [3.63, 3.8) is 0 Å². The quantitative estimate of drug-likeness (QED) is 0.538. The lowest BCUT2D eigenvalue weighted by Crippen LogP contribution is -1.99. The van der Waals surface area contributed by atoms with Crippen LogP contribution in [-0.2, 0) is 0 Å². The Morgan fingerprint density at radius 2 is 1.93 bits per heavy atom. The highest BCUT2D eigenvalue weighted by molar-refractivity contribution is 6.17. The Bertz CT molecular complexity index is 305. The minimum Gasteiger partial charge on any atom is -0.491 e. The Hall–Kier alpha value is -0.830. The van der Waals surface area contributed by atoms with E-state index in [0.717, 1.165) is 25.3 Å². The summed E-state index contributed by atoms with van der Waals surface area (Å²) in [5, 5.41) is 0. The first-order valence-electron chi connectivity index (χ1n) is 4.88. The minimum atomic E-state index is -0.660. The zero-order valence-corrected chi connectivity index (χ0v) is 9.07. The molecule has 15 heavy (non-hydrogen) atoms. The summed E-state index contributed by atoms with van der Waals surface area (Å²) < 4.78 is 30.7. The topological polar surface area (TPSA) is 9.23 Å². The molecule has 1 aromatic rings. The number of halogens is 3. The van der Waals surface area contributed by atoms with Crippen molar-refractivity contribution in [1.82, 2.24) is 0 Å². The standard InChI is InChI=1S/C11H13ClF2O/c12-6-2-1-3-7-15-11-5-4-9(13)8-10(11)14/h4-5,8H,1-3,6-7H2. The Balaban J connectivity index is 2.31. The Morgan fingerprint density at radius 1 is 1.13 bits per heavy atom. The van der Waals surface area contributed by atoms with Crippen LogP contribution in [0.2, 0.25) is 0 Å². The van der Waals surface area contributed by atoms with Crippen LogP contribution in [-0.4, -0.2) is 12.5 Å². The number of ether oxygens (including phenoxy) is 1. The van der Waals surface area contributed by atoms with Crippen molar-refractivity contribution >= 4 is 11.6 Å². The summed E-state index contributed by atoms with van der Waals surface area (Å²) >= 11 is 5.50. The van der Waals surface area contributed by atoms with Crippen molar-refractivity contribution in [2.45, 2.75) is 19.3 Å². The van der Waals surface area contributed by atoms with Crippen molar-refractivity contribution < 1.29 is 13.5 Å². The van der Waals surface area contributed by atoms with E-state index >= 15 is 0 Å². The highest BCUT2D eigenvalue weighted by atomic mass is 35.5. The van der Waals surface area contributed by atoms with E-state index in [-0.39, 0.29) is 5.75 Å². The van der Waals surface area contributed by atoms with Crippen molar-refractivity contribution in [2.24, 2.45) is 0 Å². The van der Waals surface area contributed by atoms with Gasteiger partial charge in [-0.2, -0.15) is 0 Å². The van der Waals surface area contributed by atoms with Gasteiger partial charge in [-0.05, 0) is 31.4 Å². The first kappa shape index (κ1) is 12.2. The lowest BCUT2D eigenvalue weighted by Gasteiger charge is -2.06. The molecule has 0 saturated heterocycles. The second kappa shape index (κ2) is 6.62. The minimum absolute atomic E-state index is 0.0993. The van der Waals surface area contributed by atoms with Gasteiger partial charge in [0, 0.05) is 11.9 Å². The first-order chi connectivity index (χ1) is 7.24. The summed E-state index contributed by atoms with van der Waals surface area (Å²) in [6.45, 7) is 0.430. The third-order valence-corrected chi connectivity index (χ3v) is 2.20. The molecule has 0 aliphatic heterocycles. The maximum Gasteiger partial charge on any atom is 0.167 e. The zero-order valence-electron chi connectivity index (χ0n) is 8.31. The zero-order chi connectivity index (χ0) is 11.1. The van der Waals surface area contributed by atoms with E-state index in [4.69, 9.17) is 16.3 Å².